The van der Waals surface area contributed by atoms with Crippen LogP contribution in [-0.2, 0) is 0 Å². The van der Waals surface area contributed by atoms with E-state index in [0.29, 0.717) is 11.4 Å². The number of fused-ring (bicyclic) bond motifs is 1. The summed E-state index contributed by atoms with van der Waals surface area (Å²) in [5.74, 6) is -0.917. The number of hydrogen-bond acceptors (Lipinski definition) is 6. The van der Waals surface area contributed by atoms with Crippen LogP contribution in [0.3, 0.4) is 0 Å². The highest BCUT2D eigenvalue weighted by Gasteiger charge is 2.33. The Morgan fingerprint density at radius 3 is 2.93 bits per heavy atom. The monoisotopic (exact) mass is 399 g/mol. The Labute approximate surface area is 164 Å². The molecule has 1 aliphatic heterocycles. The van der Waals surface area contributed by atoms with E-state index in [2.05, 4.69) is 15.4 Å². The number of hydrogen-bond donors (Lipinski definition) is 1. The molecule has 0 bridgehead atoms. The molecule has 4 rings (SSSR count). The first-order chi connectivity index (χ1) is 13.9. The summed E-state index contributed by atoms with van der Waals surface area (Å²) in [6, 6.07) is 5.11. The van der Waals surface area contributed by atoms with Gasteiger partial charge in [-0.15, -0.1) is 0 Å². The summed E-state index contributed by atoms with van der Waals surface area (Å²) in [4.78, 5) is 42.3. The van der Waals surface area contributed by atoms with Crippen molar-refractivity contribution in [1.29, 1.82) is 0 Å². The van der Waals surface area contributed by atoms with Crippen molar-refractivity contribution < 1.29 is 18.4 Å². The second-order valence-electron chi connectivity index (χ2n) is 6.92. The summed E-state index contributed by atoms with van der Waals surface area (Å²) in [7, 11) is 0. The van der Waals surface area contributed by atoms with Gasteiger partial charge in [0.2, 0.25) is 0 Å². The second-order valence-corrected chi connectivity index (χ2v) is 6.92. The largest absolute Gasteiger partial charge is 0.456 e. The minimum Gasteiger partial charge on any atom is -0.456 e. The molecule has 3 aromatic rings. The molecule has 0 saturated carbocycles. The molecule has 0 radical (unpaired) electrons. The zero-order valence-corrected chi connectivity index (χ0v) is 15.5. The minimum absolute atomic E-state index is 0.0525. The van der Waals surface area contributed by atoms with Gasteiger partial charge in [-0.3, -0.25) is 14.4 Å². The lowest BCUT2D eigenvalue weighted by atomic mass is 10.0. The van der Waals surface area contributed by atoms with Crippen LogP contribution in [-0.4, -0.2) is 56.6 Å². The number of alkyl halides is 1. The minimum atomic E-state index is -1.31. The van der Waals surface area contributed by atoms with Gasteiger partial charge >= 0.3 is 0 Å². The highest BCUT2D eigenvalue weighted by atomic mass is 19.1. The Bertz CT molecular complexity index is 1140. The van der Waals surface area contributed by atoms with Crippen molar-refractivity contribution in [3.05, 3.63) is 64.1 Å². The van der Waals surface area contributed by atoms with E-state index >= 15 is 0 Å². The molecule has 10 heteroatoms. The number of nitrogens with zero attached hydrogens (tertiary/aromatic N) is 4. The van der Waals surface area contributed by atoms with Crippen LogP contribution in [0, 0.1) is 6.92 Å². The van der Waals surface area contributed by atoms with E-state index in [9.17, 15) is 18.8 Å². The molecular weight excluding hydrogens is 381 g/mol. The lowest BCUT2D eigenvalue weighted by molar-refractivity contribution is 0.0551. The van der Waals surface area contributed by atoms with Crippen LogP contribution >= 0.6 is 0 Å². The van der Waals surface area contributed by atoms with Crippen LogP contribution in [0.2, 0.25) is 0 Å². The highest BCUT2D eigenvalue weighted by Crippen LogP contribution is 2.18. The molecule has 2 atom stereocenters. The number of aryl methyl sites for hydroxylation is 1. The predicted octanol–water partition coefficient (Wildman–Crippen LogP) is 0.974. The molecule has 29 heavy (non-hydrogen) atoms. The maximum atomic E-state index is 14.3. The number of nitrogens with one attached hydrogen (secondary N) is 1. The lowest BCUT2D eigenvalue weighted by Crippen LogP contribution is -2.53. The number of carbonyl (C=O) groups excluding carboxylic acids is 2. The summed E-state index contributed by atoms with van der Waals surface area (Å²) in [5, 5.41) is 6.74. The van der Waals surface area contributed by atoms with Gasteiger partial charge in [0, 0.05) is 37.3 Å². The number of rotatable bonds is 3. The molecule has 0 aliphatic carbocycles. The van der Waals surface area contributed by atoms with E-state index < -0.39 is 24.0 Å². The van der Waals surface area contributed by atoms with Gasteiger partial charge in [-0.05, 0) is 19.1 Å². The van der Waals surface area contributed by atoms with Gasteiger partial charge in [0.15, 0.2) is 22.5 Å². The molecule has 0 spiro atoms. The summed E-state index contributed by atoms with van der Waals surface area (Å²) < 4.78 is 21.0. The summed E-state index contributed by atoms with van der Waals surface area (Å²) in [6.45, 7) is 1.58. The quantitative estimate of drug-likeness (QED) is 0.703. The van der Waals surface area contributed by atoms with Crippen molar-refractivity contribution in [3.63, 3.8) is 0 Å². The van der Waals surface area contributed by atoms with Crippen LogP contribution in [0.25, 0.3) is 5.65 Å². The number of imidazole rings is 1. The predicted molar refractivity (Wildman–Crippen MR) is 99.4 cm³/mol. The lowest BCUT2D eigenvalue weighted by Gasteiger charge is -2.34. The molecule has 9 nitrogen and oxygen atoms in total. The number of amides is 2. The first kappa shape index (κ1) is 18.8. The number of halogens is 1. The molecule has 1 fully saturated rings. The van der Waals surface area contributed by atoms with Crippen molar-refractivity contribution >= 4 is 17.5 Å². The first-order valence-corrected chi connectivity index (χ1v) is 9.05. The SMILES string of the molecule is Cc1cc(=O)cc(C(=O)N[C@H]2C[C@@H](F)CN(C(=O)c3cnc4cccnn34)C2)o1. The fraction of sp³-hybridized carbons (Fsp3) is 0.316. The highest BCUT2D eigenvalue weighted by molar-refractivity contribution is 5.94. The first-order valence-electron chi connectivity index (χ1n) is 9.05. The maximum Gasteiger partial charge on any atom is 0.287 e. The fourth-order valence-electron chi connectivity index (χ4n) is 3.42. The Morgan fingerprint density at radius 1 is 1.31 bits per heavy atom. The molecular formula is C19H18FN5O4. The van der Waals surface area contributed by atoms with Crippen LogP contribution in [0.1, 0.15) is 33.2 Å². The molecule has 0 aromatic carbocycles. The fourth-order valence-corrected chi connectivity index (χ4v) is 3.42. The molecule has 2 amide bonds. The van der Waals surface area contributed by atoms with E-state index in [1.165, 1.54) is 27.9 Å². The maximum absolute atomic E-state index is 14.3. The molecule has 1 N–H and O–H groups in total. The van der Waals surface area contributed by atoms with E-state index in [1.54, 1.807) is 19.1 Å². The number of aromatic nitrogens is 3. The average molecular weight is 399 g/mol. The Hall–Kier alpha value is -3.56. The van der Waals surface area contributed by atoms with Crippen LogP contribution in [0.4, 0.5) is 4.39 Å². The van der Waals surface area contributed by atoms with Gasteiger partial charge in [-0.2, -0.15) is 5.10 Å². The van der Waals surface area contributed by atoms with E-state index in [0.717, 1.165) is 6.07 Å². The average Bonchev–Trinajstić information content (AvgIpc) is 3.10. The summed E-state index contributed by atoms with van der Waals surface area (Å²) in [6.07, 6.45) is 1.66. The third-order valence-electron chi connectivity index (χ3n) is 4.63. The van der Waals surface area contributed by atoms with Crippen molar-refractivity contribution in [1.82, 2.24) is 24.8 Å². The van der Waals surface area contributed by atoms with Crippen molar-refractivity contribution in [2.24, 2.45) is 0 Å². The summed E-state index contributed by atoms with van der Waals surface area (Å²) in [5.41, 5.74) is 0.358. The topological polar surface area (TPSA) is 110 Å². The molecule has 3 aromatic heterocycles. The van der Waals surface area contributed by atoms with Gasteiger partial charge in [-0.25, -0.2) is 13.9 Å². The third-order valence-corrected chi connectivity index (χ3v) is 4.63. The number of likely N-dealkylation sites (tertiary alicyclic amines) is 1. The second kappa shape index (κ2) is 7.46. The molecule has 150 valence electrons. The van der Waals surface area contributed by atoms with Crippen LogP contribution < -0.4 is 10.7 Å². The normalized spacial score (nSPS) is 19.3. The van der Waals surface area contributed by atoms with Gasteiger partial charge in [-0.1, -0.05) is 0 Å². The van der Waals surface area contributed by atoms with Crippen LogP contribution in [0.5, 0.6) is 0 Å². The van der Waals surface area contributed by atoms with Gasteiger partial charge < -0.3 is 14.6 Å². The van der Waals surface area contributed by atoms with E-state index in [-0.39, 0.29) is 36.4 Å². The zero-order valence-electron chi connectivity index (χ0n) is 15.5. The van der Waals surface area contributed by atoms with Gasteiger partial charge in [0.05, 0.1) is 12.7 Å². The van der Waals surface area contributed by atoms with Crippen molar-refractivity contribution in [2.75, 3.05) is 13.1 Å². The molecule has 4 heterocycles. The Morgan fingerprint density at radius 2 is 2.14 bits per heavy atom. The smallest absolute Gasteiger partial charge is 0.287 e. The molecule has 1 aliphatic rings. The Kier molecular flexibility index (Phi) is 4.83. The van der Waals surface area contributed by atoms with E-state index in [1.807, 2.05) is 0 Å². The number of carbonyl (C=O) groups is 2. The van der Waals surface area contributed by atoms with Crippen LogP contribution in [0.15, 0.2) is 45.9 Å². The summed E-state index contributed by atoms with van der Waals surface area (Å²) >= 11 is 0. The van der Waals surface area contributed by atoms with Gasteiger partial charge in [0.25, 0.3) is 11.8 Å². The Balaban J connectivity index is 1.51. The molecule has 1 saturated heterocycles. The van der Waals surface area contributed by atoms with E-state index in [4.69, 9.17) is 4.42 Å². The standard InChI is InChI=1S/C19H18FN5O4/c1-11-5-14(26)7-16(29-11)18(27)23-13-6-12(20)9-24(10-13)19(28)15-8-21-17-3-2-4-22-25(15)17/h2-5,7-8,12-13H,6,9-10H2,1H3,(H,23,27)/t12-,13+/m1/s1. The molecule has 0 unspecified atom stereocenters. The van der Waals surface area contributed by atoms with Crippen molar-refractivity contribution in [2.45, 2.75) is 25.6 Å². The third kappa shape index (κ3) is 3.86. The van der Waals surface area contributed by atoms with Crippen molar-refractivity contribution in [3.8, 4) is 0 Å². The number of piperidine rings is 1. The zero-order chi connectivity index (χ0) is 20.5. The van der Waals surface area contributed by atoms with Gasteiger partial charge in [0.1, 0.15) is 11.9 Å².